The molecule has 0 aliphatic heterocycles. The zero-order valence-corrected chi connectivity index (χ0v) is 17.7. The topological polar surface area (TPSA) is 75.0 Å². The number of ether oxygens (including phenoxy) is 3. The molecule has 3 aromatic rings. The van der Waals surface area contributed by atoms with Gasteiger partial charge in [0, 0.05) is 6.07 Å². The van der Waals surface area contributed by atoms with Crippen molar-refractivity contribution in [3.05, 3.63) is 64.0 Å². The molecule has 0 saturated carbocycles. The molecule has 1 heterocycles. The first-order valence-electron chi connectivity index (χ1n) is 10.0. The Labute approximate surface area is 175 Å². The highest BCUT2D eigenvalue weighted by atomic mass is 16.6. The molecule has 2 aromatic carbocycles. The van der Waals surface area contributed by atoms with Crippen molar-refractivity contribution in [2.75, 3.05) is 6.61 Å². The van der Waals surface area contributed by atoms with Crippen LogP contribution in [-0.2, 0) is 9.53 Å². The van der Waals surface area contributed by atoms with E-state index in [-0.39, 0.29) is 11.2 Å². The Kier molecular flexibility index (Phi) is 6.77. The van der Waals surface area contributed by atoms with Gasteiger partial charge in [-0.05, 0) is 56.5 Å². The number of aryl methyl sites for hydroxylation is 2. The number of rotatable bonds is 8. The van der Waals surface area contributed by atoms with Crippen molar-refractivity contribution in [3.63, 3.8) is 0 Å². The van der Waals surface area contributed by atoms with Crippen LogP contribution in [0.1, 0.15) is 37.8 Å². The van der Waals surface area contributed by atoms with E-state index in [0.29, 0.717) is 29.1 Å². The standard InChI is InChI=1S/C24H26O6/c1-5-6-11-27-24(26)17(4)29-18-9-10-19-21(13-18)28-14-22(23(19)25)30-20-12-15(2)7-8-16(20)3/h7-10,12-14,17H,5-6,11H2,1-4H3/t17-/m0/s1. The Morgan fingerprint density at radius 1 is 1.10 bits per heavy atom. The molecule has 1 aromatic heterocycles. The highest BCUT2D eigenvalue weighted by Crippen LogP contribution is 2.27. The summed E-state index contributed by atoms with van der Waals surface area (Å²) in [6.45, 7) is 7.89. The van der Waals surface area contributed by atoms with Crippen LogP contribution in [0.4, 0.5) is 0 Å². The smallest absolute Gasteiger partial charge is 0.347 e. The molecule has 0 bridgehead atoms. The lowest BCUT2D eigenvalue weighted by Gasteiger charge is -2.14. The number of carbonyl (C=O) groups is 1. The van der Waals surface area contributed by atoms with Gasteiger partial charge in [-0.2, -0.15) is 0 Å². The molecule has 0 unspecified atom stereocenters. The highest BCUT2D eigenvalue weighted by molar-refractivity contribution is 5.79. The summed E-state index contributed by atoms with van der Waals surface area (Å²) >= 11 is 0. The molecule has 30 heavy (non-hydrogen) atoms. The Bertz CT molecular complexity index is 1100. The van der Waals surface area contributed by atoms with Gasteiger partial charge in [-0.15, -0.1) is 0 Å². The predicted molar refractivity (Wildman–Crippen MR) is 114 cm³/mol. The number of unbranched alkanes of at least 4 members (excludes halogenated alkanes) is 1. The molecule has 0 spiro atoms. The SMILES string of the molecule is CCCCOC(=O)[C@H](C)Oc1ccc2c(=O)c(Oc3cc(C)ccc3C)coc2c1. The van der Waals surface area contributed by atoms with Crippen LogP contribution in [0.15, 0.2) is 51.9 Å². The van der Waals surface area contributed by atoms with Gasteiger partial charge in [0.2, 0.25) is 11.2 Å². The number of esters is 1. The Morgan fingerprint density at radius 2 is 1.90 bits per heavy atom. The summed E-state index contributed by atoms with van der Waals surface area (Å²) in [6.07, 6.45) is 2.28. The first-order valence-corrected chi connectivity index (χ1v) is 10.0. The zero-order chi connectivity index (χ0) is 21.7. The van der Waals surface area contributed by atoms with Crippen LogP contribution in [0, 0.1) is 13.8 Å². The summed E-state index contributed by atoms with van der Waals surface area (Å²) in [5.41, 5.74) is 2.02. The van der Waals surface area contributed by atoms with Crippen LogP contribution in [0.2, 0.25) is 0 Å². The van der Waals surface area contributed by atoms with Gasteiger partial charge in [0.15, 0.2) is 6.10 Å². The zero-order valence-electron chi connectivity index (χ0n) is 17.7. The number of hydrogen-bond acceptors (Lipinski definition) is 6. The molecule has 0 aliphatic rings. The van der Waals surface area contributed by atoms with Gasteiger partial charge < -0.3 is 18.6 Å². The average molecular weight is 410 g/mol. The molecule has 0 N–H and O–H groups in total. The molecular weight excluding hydrogens is 384 g/mol. The fourth-order valence-corrected chi connectivity index (χ4v) is 2.86. The van der Waals surface area contributed by atoms with E-state index in [0.717, 1.165) is 24.0 Å². The van der Waals surface area contributed by atoms with E-state index in [1.807, 2.05) is 39.0 Å². The second-order valence-electron chi connectivity index (χ2n) is 7.24. The molecular formula is C24H26O6. The molecule has 6 heteroatoms. The lowest BCUT2D eigenvalue weighted by atomic mass is 10.1. The van der Waals surface area contributed by atoms with E-state index in [9.17, 15) is 9.59 Å². The maximum atomic E-state index is 12.8. The third kappa shape index (κ3) is 5.00. The molecule has 0 aliphatic carbocycles. The summed E-state index contributed by atoms with van der Waals surface area (Å²) in [5.74, 6) is 0.700. The van der Waals surface area contributed by atoms with Crippen LogP contribution in [-0.4, -0.2) is 18.7 Å². The highest BCUT2D eigenvalue weighted by Gasteiger charge is 2.17. The summed E-state index contributed by atoms with van der Waals surface area (Å²) in [6, 6.07) is 10.6. The van der Waals surface area contributed by atoms with Crippen LogP contribution in [0.25, 0.3) is 11.0 Å². The maximum Gasteiger partial charge on any atom is 0.347 e. The molecule has 3 rings (SSSR count). The van der Waals surface area contributed by atoms with Crippen molar-refractivity contribution in [2.24, 2.45) is 0 Å². The first-order chi connectivity index (χ1) is 14.4. The normalized spacial score (nSPS) is 11.9. The number of fused-ring (bicyclic) bond motifs is 1. The van der Waals surface area contributed by atoms with Crippen LogP contribution in [0.5, 0.6) is 17.2 Å². The largest absolute Gasteiger partial charge is 0.479 e. The Balaban J connectivity index is 1.78. The van der Waals surface area contributed by atoms with Gasteiger partial charge in [0.1, 0.15) is 23.3 Å². The van der Waals surface area contributed by atoms with Crippen molar-refractivity contribution in [2.45, 2.75) is 46.6 Å². The number of carbonyl (C=O) groups excluding carboxylic acids is 1. The van der Waals surface area contributed by atoms with Gasteiger partial charge >= 0.3 is 5.97 Å². The second-order valence-corrected chi connectivity index (χ2v) is 7.24. The monoisotopic (exact) mass is 410 g/mol. The molecule has 6 nitrogen and oxygen atoms in total. The van der Waals surface area contributed by atoms with Gasteiger partial charge in [0.25, 0.3) is 0 Å². The number of hydrogen-bond donors (Lipinski definition) is 0. The van der Waals surface area contributed by atoms with Crippen molar-refractivity contribution in [1.29, 1.82) is 0 Å². The van der Waals surface area contributed by atoms with E-state index in [1.54, 1.807) is 25.1 Å². The minimum Gasteiger partial charge on any atom is -0.479 e. The van der Waals surface area contributed by atoms with E-state index in [1.165, 1.54) is 6.26 Å². The lowest BCUT2D eigenvalue weighted by molar-refractivity contribution is -0.151. The Morgan fingerprint density at radius 3 is 2.67 bits per heavy atom. The predicted octanol–water partition coefficient (Wildman–Crippen LogP) is 5.31. The van der Waals surface area contributed by atoms with Gasteiger partial charge in [-0.25, -0.2) is 4.79 Å². The molecule has 0 saturated heterocycles. The van der Waals surface area contributed by atoms with Gasteiger partial charge in [-0.3, -0.25) is 4.79 Å². The third-order valence-corrected chi connectivity index (χ3v) is 4.66. The van der Waals surface area contributed by atoms with E-state index in [4.69, 9.17) is 18.6 Å². The van der Waals surface area contributed by atoms with Crippen LogP contribution < -0.4 is 14.9 Å². The summed E-state index contributed by atoms with van der Waals surface area (Å²) in [7, 11) is 0. The van der Waals surface area contributed by atoms with E-state index >= 15 is 0 Å². The fraction of sp³-hybridized carbons (Fsp3) is 0.333. The molecule has 0 amide bonds. The second kappa shape index (κ2) is 9.48. The minimum atomic E-state index is -0.766. The fourth-order valence-electron chi connectivity index (χ4n) is 2.86. The average Bonchev–Trinajstić information content (AvgIpc) is 2.72. The van der Waals surface area contributed by atoms with Crippen molar-refractivity contribution >= 4 is 16.9 Å². The van der Waals surface area contributed by atoms with Crippen molar-refractivity contribution in [1.82, 2.24) is 0 Å². The van der Waals surface area contributed by atoms with Gasteiger partial charge in [0.05, 0.1) is 12.0 Å². The van der Waals surface area contributed by atoms with Gasteiger partial charge in [-0.1, -0.05) is 25.5 Å². The molecule has 1 atom stereocenters. The van der Waals surface area contributed by atoms with Crippen LogP contribution >= 0.6 is 0 Å². The first kappa shape index (κ1) is 21.4. The maximum absolute atomic E-state index is 12.8. The minimum absolute atomic E-state index is 0.109. The Hall–Kier alpha value is -3.28. The summed E-state index contributed by atoms with van der Waals surface area (Å²) < 4.78 is 22.2. The van der Waals surface area contributed by atoms with Crippen molar-refractivity contribution < 1.29 is 23.4 Å². The van der Waals surface area contributed by atoms with E-state index < -0.39 is 12.1 Å². The summed E-state index contributed by atoms with van der Waals surface area (Å²) in [4.78, 5) is 24.8. The quantitative estimate of drug-likeness (QED) is 0.370. The van der Waals surface area contributed by atoms with Crippen molar-refractivity contribution in [3.8, 4) is 17.2 Å². The van der Waals surface area contributed by atoms with Crippen LogP contribution in [0.3, 0.4) is 0 Å². The lowest BCUT2D eigenvalue weighted by Crippen LogP contribution is -2.26. The number of benzene rings is 2. The molecule has 0 fully saturated rings. The molecule has 0 radical (unpaired) electrons. The van der Waals surface area contributed by atoms with E-state index in [2.05, 4.69) is 0 Å². The summed E-state index contributed by atoms with van der Waals surface area (Å²) in [5, 5.41) is 0.364. The molecule has 158 valence electrons. The third-order valence-electron chi connectivity index (χ3n) is 4.66.